The highest BCUT2D eigenvalue weighted by Gasteiger charge is 2.02. The standard InChI is InChI=1S/C5H13N3O2S/c1-3-11(9,10)8-7-5(2)4-6/h8H,3-4,6H2,1-2H3/b7-5+. The van der Waals surface area contributed by atoms with Gasteiger partial charge >= 0.3 is 0 Å². The molecule has 11 heavy (non-hydrogen) atoms. The predicted octanol–water partition coefficient (Wildman–Crippen LogP) is -0.740. The minimum absolute atomic E-state index is 0.0222. The Bertz CT molecular complexity index is 232. The highest BCUT2D eigenvalue weighted by molar-refractivity contribution is 7.89. The Morgan fingerprint density at radius 1 is 1.64 bits per heavy atom. The summed E-state index contributed by atoms with van der Waals surface area (Å²) in [6.45, 7) is 3.44. The van der Waals surface area contributed by atoms with Crippen LogP contribution >= 0.6 is 0 Å². The molecule has 0 aromatic carbocycles. The molecule has 6 heteroatoms. The summed E-state index contributed by atoms with van der Waals surface area (Å²) in [5.74, 6) is 0.0222. The van der Waals surface area contributed by atoms with Gasteiger partial charge in [0, 0.05) is 12.3 Å². The molecule has 0 aliphatic rings. The molecule has 0 spiro atoms. The minimum Gasteiger partial charge on any atom is -0.325 e. The van der Waals surface area contributed by atoms with Crippen LogP contribution in [0.1, 0.15) is 13.8 Å². The summed E-state index contributed by atoms with van der Waals surface area (Å²) in [6, 6.07) is 0. The van der Waals surface area contributed by atoms with Crippen LogP contribution in [0.3, 0.4) is 0 Å². The van der Waals surface area contributed by atoms with E-state index in [1.165, 1.54) is 6.92 Å². The summed E-state index contributed by atoms with van der Waals surface area (Å²) in [4.78, 5) is 2.04. The van der Waals surface area contributed by atoms with Crippen molar-refractivity contribution in [1.82, 2.24) is 4.83 Å². The van der Waals surface area contributed by atoms with Gasteiger partial charge in [-0.15, -0.1) is 0 Å². The van der Waals surface area contributed by atoms with E-state index in [0.717, 1.165) is 0 Å². The van der Waals surface area contributed by atoms with Crippen molar-refractivity contribution in [2.45, 2.75) is 13.8 Å². The fourth-order valence-electron chi connectivity index (χ4n) is 0.258. The van der Waals surface area contributed by atoms with E-state index >= 15 is 0 Å². The first kappa shape index (κ1) is 10.4. The van der Waals surface area contributed by atoms with Crippen LogP contribution in [-0.4, -0.2) is 26.4 Å². The van der Waals surface area contributed by atoms with Crippen LogP contribution in [0, 0.1) is 0 Å². The zero-order valence-electron chi connectivity index (χ0n) is 6.66. The second-order valence-electron chi connectivity index (χ2n) is 2.05. The zero-order valence-corrected chi connectivity index (χ0v) is 7.48. The van der Waals surface area contributed by atoms with Crippen molar-refractivity contribution < 1.29 is 8.42 Å². The molecular weight excluding hydrogens is 166 g/mol. The van der Waals surface area contributed by atoms with Crippen molar-refractivity contribution >= 4 is 15.7 Å². The molecule has 0 radical (unpaired) electrons. The van der Waals surface area contributed by atoms with Gasteiger partial charge in [0.25, 0.3) is 0 Å². The quantitative estimate of drug-likeness (QED) is 0.440. The van der Waals surface area contributed by atoms with E-state index in [2.05, 4.69) is 5.10 Å². The molecule has 0 aromatic rings. The Morgan fingerprint density at radius 3 is 2.55 bits per heavy atom. The van der Waals surface area contributed by atoms with Crippen molar-refractivity contribution in [2.24, 2.45) is 10.8 Å². The molecule has 0 heterocycles. The molecule has 0 bridgehead atoms. The Labute approximate surface area is 66.7 Å². The van der Waals surface area contributed by atoms with E-state index in [1.54, 1.807) is 6.92 Å². The molecule has 0 rings (SSSR count). The van der Waals surface area contributed by atoms with Gasteiger partial charge < -0.3 is 5.73 Å². The van der Waals surface area contributed by atoms with E-state index in [0.29, 0.717) is 5.71 Å². The number of nitrogens with two attached hydrogens (primary N) is 1. The van der Waals surface area contributed by atoms with E-state index in [-0.39, 0.29) is 12.3 Å². The molecule has 0 amide bonds. The summed E-state index contributed by atoms with van der Waals surface area (Å²) in [7, 11) is -3.22. The van der Waals surface area contributed by atoms with Gasteiger partial charge in [0.2, 0.25) is 10.0 Å². The van der Waals surface area contributed by atoms with Gasteiger partial charge in [-0.25, -0.2) is 13.2 Å². The highest BCUT2D eigenvalue weighted by atomic mass is 32.2. The second-order valence-corrected chi connectivity index (χ2v) is 4.04. The Balaban J connectivity index is 4.08. The van der Waals surface area contributed by atoms with Gasteiger partial charge in [0.05, 0.1) is 5.75 Å². The number of hydrogen-bond acceptors (Lipinski definition) is 4. The predicted molar refractivity (Wildman–Crippen MR) is 44.8 cm³/mol. The molecule has 0 atom stereocenters. The lowest BCUT2D eigenvalue weighted by Crippen LogP contribution is -2.23. The number of nitrogens with zero attached hydrogens (tertiary/aromatic N) is 1. The molecule has 0 aliphatic carbocycles. The van der Waals surface area contributed by atoms with Crippen molar-refractivity contribution in [2.75, 3.05) is 12.3 Å². The normalized spacial score (nSPS) is 13.2. The van der Waals surface area contributed by atoms with Gasteiger partial charge in [-0.2, -0.15) is 5.10 Å². The smallest absolute Gasteiger partial charge is 0.247 e. The van der Waals surface area contributed by atoms with Crippen LogP contribution in [0.4, 0.5) is 0 Å². The Kier molecular flexibility index (Phi) is 4.06. The van der Waals surface area contributed by atoms with Crippen molar-refractivity contribution in [3.05, 3.63) is 0 Å². The maximum atomic E-state index is 10.8. The molecule has 0 unspecified atom stereocenters. The average molecular weight is 179 g/mol. The molecule has 5 nitrogen and oxygen atoms in total. The van der Waals surface area contributed by atoms with Gasteiger partial charge in [-0.3, -0.25) is 0 Å². The molecule has 0 aliphatic heterocycles. The number of nitrogens with one attached hydrogen (secondary N) is 1. The first-order chi connectivity index (χ1) is 5.02. The summed E-state index contributed by atoms with van der Waals surface area (Å²) >= 11 is 0. The fraction of sp³-hybridized carbons (Fsp3) is 0.800. The lowest BCUT2D eigenvalue weighted by molar-refractivity contribution is 0.585. The monoisotopic (exact) mass is 179 g/mol. The fourth-order valence-corrected chi connectivity index (χ4v) is 0.682. The number of hydrogen-bond donors (Lipinski definition) is 2. The summed E-state index contributed by atoms with van der Waals surface area (Å²) < 4.78 is 21.5. The SMILES string of the molecule is CCS(=O)(=O)N/N=C(\C)CN. The third-order valence-corrected chi connectivity index (χ3v) is 2.18. The van der Waals surface area contributed by atoms with Crippen LogP contribution in [0.5, 0.6) is 0 Å². The lowest BCUT2D eigenvalue weighted by atomic mass is 10.4. The Morgan fingerprint density at radius 2 is 2.18 bits per heavy atom. The third-order valence-electron chi connectivity index (χ3n) is 1.05. The molecule has 0 fully saturated rings. The molecule has 3 N–H and O–H groups in total. The van der Waals surface area contributed by atoms with Crippen molar-refractivity contribution in [3.63, 3.8) is 0 Å². The van der Waals surface area contributed by atoms with E-state index in [9.17, 15) is 8.42 Å². The average Bonchev–Trinajstić information content (AvgIpc) is 2.00. The van der Waals surface area contributed by atoms with E-state index in [4.69, 9.17) is 5.73 Å². The number of sulfonamides is 1. The number of hydrazone groups is 1. The summed E-state index contributed by atoms with van der Waals surface area (Å²) in [5, 5.41) is 3.54. The molecular formula is C5H13N3O2S. The first-order valence-electron chi connectivity index (χ1n) is 3.24. The van der Waals surface area contributed by atoms with Gasteiger partial charge in [0.15, 0.2) is 0 Å². The second kappa shape index (κ2) is 4.30. The minimum atomic E-state index is -3.22. The van der Waals surface area contributed by atoms with Gasteiger partial charge in [-0.05, 0) is 13.8 Å². The third kappa shape index (κ3) is 4.74. The van der Waals surface area contributed by atoms with Gasteiger partial charge in [0.1, 0.15) is 0 Å². The van der Waals surface area contributed by atoms with Crippen molar-refractivity contribution in [1.29, 1.82) is 0 Å². The molecule has 66 valence electrons. The van der Waals surface area contributed by atoms with Crippen molar-refractivity contribution in [3.8, 4) is 0 Å². The molecule has 0 saturated heterocycles. The van der Waals surface area contributed by atoms with Crippen LogP contribution in [0.15, 0.2) is 5.10 Å². The van der Waals surface area contributed by atoms with Crippen LogP contribution in [-0.2, 0) is 10.0 Å². The molecule has 0 aromatic heterocycles. The maximum Gasteiger partial charge on any atom is 0.247 e. The van der Waals surface area contributed by atoms with Crippen LogP contribution in [0.2, 0.25) is 0 Å². The van der Waals surface area contributed by atoms with Crippen LogP contribution in [0.25, 0.3) is 0 Å². The highest BCUT2D eigenvalue weighted by Crippen LogP contribution is 1.81. The first-order valence-corrected chi connectivity index (χ1v) is 4.89. The Hall–Kier alpha value is -0.620. The summed E-state index contributed by atoms with van der Waals surface area (Å²) in [5.41, 5.74) is 5.73. The van der Waals surface area contributed by atoms with E-state index < -0.39 is 10.0 Å². The zero-order chi connectivity index (χ0) is 8.91. The summed E-state index contributed by atoms with van der Waals surface area (Å²) in [6.07, 6.45) is 0. The maximum absolute atomic E-state index is 10.8. The van der Waals surface area contributed by atoms with E-state index in [1.807, 2.05) is 4.83 Å². The lowest BCUT2D eigenvalue weighted by Gasteiger charge is -1.99. The largest absolute Gasteiger partial charge is 0.325 e. The number of rotatable bonds is 4. The topological polar surface area (TPSA) is 84.5 Å². The molecule has 0 saturated carbocycles. The van der Waals surface area contributed by atoms with Crippen LogP contribution < -0.4 is 10.6 Å². The van der Waals surface area contributed by atoms with Gasteiger partial charge in [-0.1, -0.05) is 0 Å².